The molecule has 0 aromatic heterocycles. The molecule has 11 heavy (non-hydrogen) atoms. The highest BCUT2D eigenvalue weighted by Crippen LogP contribution is 2.38. The van der Waals surface area contributed by atoms with Gasteiger partial charge in [0.1, 0.15) is 0 Å². The van der Waals surface area contributed by atoms with Crippen LogP contribution < -0.4 is 11.5 Å². The van der Waals surface area contributed by atoms with Gasteiger partial charge in [0.25, 0.3) is 0 Å². The fraction of sp³-hybridized carbons (Fsp3) is 0. The molecule has 5 heteroatoms. The Morgan fingerprint density at radius 2 is 1.55 bits per heavy atom. The van der Waals surface area contributed by atoms with Crippen LogP contribution >= 0.6 is 47.8 Å². The van der Waals surface area contributed by atoms with Crippen molar-refractivity contribution in [2.75, 3.05) is 11.5 Å². The first kappa shape index (κ1) is 9.35. The van der Waals surface area contributed by atoms with Crippen LogP contribution in [0.2, 0.25) is 0 Å². The summed E-state index contributed by atoms with van der Waals surface area (Å²) in [6.45, 7) is 0. The zero-order chi connectivity index (χ0) is 8.59. The van der Waals surface area contributed by atoms with Crippen LogP contribution in [0.5, 0.6) is 0 Å². The normalized spacial score (nSPS) is 10.1. The third-order valence-corrected chi connectivity index (χ3v) is 4.09. The lowest BCUT2D eigenvalue weighted by Gasteiger charge is -2.06. The molecule has 0 aliphatic rings. The van der Waals surface area contributed by atoms with Gasteiger partial charge < -0.3 is 11.5 Å². The van der Waals surface area contributed by atoms with Gasteiger partial charge in [-0.2, -0.15) is 0 Å². The average Bonchev–Trinajstić information content (AvgIpc) is 1.97. The first-order valence-corrected chi connectivity index (χ1v) is 5.10. The van der Waals surface area contributed by atoms with Gasteiger partial charge in [-0.1, -0.05) is 0 Å². The van der Waals surface area contributed by atoms with E-state index in [2.05, 4.69) is 47.8 Å². The number of benzene rings is 1. The van der Waals surface area contributed by atoms with Gasteiger partial charge in [0.2, 0.25) is 0 Å². The Hall–Kier alpha value is 0.260. The molecule has 2 nitrogen and oxygen atoms in total. The van der Waals surface area contributed by atoms with E-state index in [0.717, 1.165) is 13.4 Å². The highest BCUT2D eigenvalue weighted by Gasteiger charge is 2.08. The molecule has 1 rings (SSSR count). The van der Waals surface area contributed by atoms with E-state index in [0.29, 0.717) is 11.4 Å². The zero-order valence-electron chi connectivity index (χ0n) is 5.37. The number of nitrogens with two attached hydrogens (primary N) is 2. The summed E-state index contributed by atoms with van der Waals surface area (Å²) in [6, 6.07) is 1.75. The number of halogens is 3. The fourth-order valence-corrected chi connectivity index (χ4v) is 2.11. The van der Waals surface area contributed by atoms with Crippen molar-refractivity contribution in [2.24, 2.45) is 0 Å². The molecule has 1 aromatic rings. The van der Waals surface area contributed by atoms with Gasteiger partial charge >= 0.3 is 0 Å². The average molecular weight is 345 g/mol. The minimum atomic E-state index is 0.645. The molecule has 1 aromatic carbocycles. The molecule has 0 aliphatic heterocycles. The topological polar surface area (TPSA) is 52.0 Å². The Morgan fingerprint density at radius 1 is 1.00 bits per heavy atom. The van der Waals surface area contributed by atoms with E-state index in [1.54, 1.807) is 6.07 Å². The molecule has 0 amide bonds. The van der Waals surface area contributed by atoms with E-state index < -0.39 is 0 Å². The van der Waals surface area contributed by atoms with Crippen molar-refractivity contribution in [1.29, 1.82) is 0 Å². The van der Waals surface area contributed by atoms with Gasteiger partial charge in [-0.25, -0.2) is 0 Å². The Labute approximate surface area is 89.7 Å². The summed E-state index contributed by atoms with van der Waals surface area (Å²) in [5, 5.41) is 0. The summed E-state index contributed by atoms with van der Waals surface area (Å²) >= 11 is 9.87. The van der Waals surface area contributed by atoms with E-state index in [-0.39, 0.29) is 0 Å². The van der Waals surface area contributed by atoms with Crippen molar-refractivity contribution in [1.82, 2.24) is 0 Å². The zero-order valence-corrected chi connectivity index (χ0v) is 10.1. The van der Waals surface area contributed by atoms with Crippen molar-refractivity contribution < 1.29 is 0 Å². The standard InChI is InChI=1S/C6H5Br3N2/c7-2-1-3(10)4(8)5(9)6(2)11/h1H,10-11H2. The second-order valence-electron chi connectivity index (χ2n) is 1.99. The van der Waals surface area contributed by atoms with E-state index in [9.17, 15) is 0 Å². The molecule has 0 unspecified atom stereocenters. The van der Waals surface area contributed by atoms with Crippen molar-refractivity contribution in [3.05, 3.63) is 19.5 Å². The summed E-state index contributed by atoms with van der Waals surface area (Å²) < 4.78 is 2.37. The Morgan fingerprint density at radius 3 is 2.09 bits per heavy atom. The molecule has 0 heterocycles. The lowest BCUT2D eigenvalue weighted by atomic mass is 10.3. The number of rotatable bonds is 0. The highest BCUT2D eigenvalue weighted by atomic mass is 79.9. The first-order chi connectivity index (χ1) is 5.04. The van der Waals surface area contributed by atoms with Crippen molar-refractivity contribution in [2.45, 2.75) is 0 Å². The van der Waals surface area contributed by atoms with Crippen molar-refractivity contribution >= 4 is 59.2 Å². The Kier molecular flexibility index (Phi) is 2.83. The van der Waals surface area contributed by atoms with Crippen LogP contribution in [0.3, 0.4) is 0 Å². The van der Waals surface area contributed by atoms with Crippen LogP contribution in [0.25, 0.3) is 0 Å². The molecule has 0 radical (unpaired) electrons. The van der Waals surface area contributed by atoms with Gasteiger partial charge in [-0.05, 0) is 53.9 Å². The third kappa shape index (κ3) is 1.71. The number of hydrogen-bond donors (Lipinski definition) is 2. The predicted molar refractivity (Wildman–Crippen MR) is 58.4 cm³/mol. The van der Waals surface area contributed by atoms with Crippen LogP contribution in [0.1, 0.15) is 0 Å². The summed E-state index contributed by atoms with van der Waals surface area (Å²) in [5.74, 6) is 0. The molecule has 0 atom stereocenters. The molecular weight excluding hydrogens is 340 g/mol. The monoisotopic (exact) mass is 342 g/mol. The number of anilines is 2. The minimum absolute atomic E-state index is 0.645. The summed E-state index contributed by atoms with van der Waals surface area (Å²) in [5.41, 5.74) is 12.6. The molecular formula is C6H5Br3N2. The number of hydrogen-bond acceptors (Lipinski definition) is 2. The van der Waals surface area contributed by atoms with E-state index in [4.69, 9.17) is 11.5 Å². The van der Waals surface area contributed by atoms with E-state index in [1.165, 1.54) is 0 Å². The molecule has 0 bridgehead atoms. The first-order valence-electron chi connectivity index (χ1n) is 2.72. The maximum Gasteiger partial charge on any atom is 0.0616 e. The largest absolute Gasteiger partial charge is 0.398 e. The van der Waals surface area contributed by atoms with Crippen LogP contribution in [0, 0.1) is 0 Å². The van der Waals surface area contributed by atoms with Gasteiger partial charge in [0.05, 0.1) is 14.6 Å². The quantitative estimate of drug-likeness (QED) is 0.561. The van der Waals surface area contributed by atoms with Gasteiger partial charge in [0, 0.05) is 10.2 Å². The third-order valence-electron chi connectivity index (χ3n) is 1.22. The molecule has 0 spiro atoms. The van der Waals surface area contributed by atoms with Gasteiger partial charge in [-0.3, -0.25) is 0 Å². The van der Waals surface area contributed by atoms with Crippen LogP contribution in [0.15, 0.2) is 19.5 Å². The second kappa shape index (κ2) is 3.33. The van der Waals surface area contributed by atoms with Gasteiger partial charge in [-0.15, -0.1) is 0 Å². The Bertz CT molecular complexity index is 272. The maximum absolute atomic E-state index is 5.67. The highest BCUT2D eigenvalue weighted by molar-refractivity contribution is 9.13. The van der Waals surface area contributed by atoms with Gasteiger partial charge in [0.15, 0.2) is 0 Å². The lowest BCUT2D eigenvalue weighted by Crippen LogP contribution is -1.94. The lowest BCUT2D eigenvalue weighted by molar-refractivity contribution is 1.54. The molecule has 4 N–H and O–H groups in total. The molecule has 0 aliphatic carbocycles. The summed E-state index contributed by atoms with van der Waals surface area (Å²) in [6.07, 6.45) is 0. The summed E-state index contributed by atoms with van der Waals surface area (Å²) in [7, 11) is 0. The molecule has 0 fully saturated rings. The Balaban J connectivity index is 3.46. The van der Waals surface area contributed by atoms with E-state index >= 15 is 0 Å². The molecule has 0 saturated carbocycles. The SMILES string of the molecule is Nc1cc(Br)c(N)c(Br)c1Br. The predicted octanol–water partition coefficient (Wildman–Crippen LogP) is 3.14. The van der Waals surface area contributed by atoms with Crippen molar-refractivity contribution in [3.8, 4) is 0 Å². The smallest absolute Gasteiger partial charge is 0.0616 e. The number of nitrogen functional groups attached to an aromatic ring is 2. The van der Waals surface area contributed by atoms with Crippen LogP contribution in [-0.2, 0) is 0 Å². The minimum Gasteiger partial charge on any atom is -0.398 e. The molecule has 0 saturated heterocycles. The fourth-order valence-electron chi connectivity index (χ4n) is 0.627. The van der Waals surface area contributed by atoms with Crippen molar-refractivity contribution in [3.63, 3.8) is 0 Å². The van der Waals surface area contributed by atoms with Crippen LogP contribution in [0.4, 0.5) is 11.4 Å². The summed E-state index contributed by atoms with van der Waals surface area (Å²) in [4.78, 5) is 0. The maximum atomic E-state index is 5.67. The molecule has 60 valence electrons. The van der Waals surface area contributed by atoms with E-state index in [1.807, 2.05) is 0 Å². The van der Waals surface area contributed by atoms with Crippen LogP contribution in [-0.4, -0.2) is 0 Å². The second-order valence-corrected chi connectivity index (χ2v) is 4.43.